The number of benzene rings is 2. The first-order valence-electron chi connectivity index (χ1n) is 7.62. The number of fused-ring (bicyclic) bond motifs is 1. The summed E-state index contributed by atoms with van der Waals surface area (Å²) in [5.41, 5.74) is 1.87. The zero-order valence-corrected chi connectivity index (χ0v) is 14.1. The molecule has 1 aromatic heterocycles. The Labute approximate surface area is 144 Å². The van der Waals surface area contributed by atoms with Gasteiger partial charge in [-0.15, -0.1) is 0 Å². The number of aromatic nitrogens is 1. The van der Waals surface area contributed by atoms with Gasteiger partial charge in [0.1, 0.15) is 5.56 Å². The van der Waals surface area contributed by atoms with Crippen molar-refractivity contribution in [1.29, 1.82) is 0 Å². The molecule has 1 amide bonds. The van der Waals surface area contributed by atoms with Crippen molar-refractivity contribution in [3.05, 3.63) is 75.0 Å². The molecule has 3 rings (SSSR count). The predicted molar refractivity (Wildman–Crippen MR) is 96.8 cm³/mol. The largest absolute Gasteiger partial charge is 0.322 e. The number of anilines is 1. The standard InChI is InChI=1S/C19H16ClN2O2/c1-3-12-7-4-5-9-16(12)21-18(23)14-11-13-15(20)8-6-10-17(13)22(2)19(14)24/h4-10H,3H2,1-2H3,(H,21,23). The van der Waals surface area contributed by atoms with E-state index in [1.165, 1.54) is 4.57 Å². The molecule has 3 aromatic rings. The summed E-state index contributed by atoms with van der Waals surface area (Å²) in [7, 11) is 1.62. The first-order chi connectivity index (χ1) is 11.5. The van der Waals surface area contributed by atoms with Crippen LogP contribution in [0, 0.1) is 6.07 Å². The molecule has 1 radical (unpaired) electrons. The molecule has 0 spiro atoms. The minimum absolute atomic E-state index is 0.0518. The number of hydrogen-bond acceptors (Lipinski definition) is 2. The van der Waals surface area contributed by atoms with Crippen molar-refractivity contribution in [3.63, 3.8) is 0 Å². The van der Waals surface area contributed by atoms with E-state index in [1.807, 2.05) is 31.2 Å². The Hall–Kier alpha value is -2.59. The summed E-state index contributed by atoms with van der Waals surface area (Å²) in [5.74, 6) is -0.488. The normalized spacial score (nSPS) is 10.8. The van der Waals surface area contributed by atoms with E-state index in [2.05, 4.69) is 11.4 Å². The van der Waals surface area contributed by atoms with Crippen LogP contribution in [0.1, 0.15) is 22.8 Å². The highest BCUT2D eigenvalue weighted by atomic mass is 35.5. The van der Waals surface area contributed by atoms with Crippen LogP contribution in [0.4, 0.5) is 5.69 Å². The average molecular weight is 340 g/mol. The molecule has 0 saturated carbocycles. The molecule has 1 heterocycles. The number of amides is 1. The molecule has 0 atom stereocenters. The van der Waals surface area contributed by atoms with Crippen molar-refractivity contribution in [1.82, 2.24) is 4.57 Å². The topological polar surface area (TPSA) is 51.1 Å². The molecule has 4 nitrogen and oxygen atoms in total. The van der Waals surface area contributed by atoms with Crippen LogP contribution < -0.4 is 10.9 Å². The van der Waals surface area contributed by atoms with Gasteiger partial charge in [-0.2, -0.15) is 0 Å². The molecule has 5 heteroatoms. The Bertz CT molecular complexity index is 992. The highest BCUT2D eigenvalue weighted by Crippen LogP contribution is 2.22. The van der Waals surface area contributed by atoms with E-state index in [0.29, 0.717) is 21.6 Å². The Morgan fingerprint density at radius 2 is 1.96 bits per heavy atom. The van der Waals surface area contributed by atoms with Crippen molar-refractivity contribution in [2.75, 3.05) is 5.32 Å². The molecule has 0 aliphatic carbocycles. The summed E-state index contributed by atoms with van der Waals surface area (Å²) in [5, 5.41) is 3.80. The minimum atomic E-state index is -0.488. The zero-order chi connectivity index (χ0) is 17.3. The van der Waals surface area contributed by atoms with Gasteiger partial charge in [0.25, 0.3) is 11.5 Å². The lowest BCUT2D eigenvalue weighted by molar-refractivity contribution is 0.102. The van der Waals surface area contributed by atoms with Crippen LogP contribution in [0.3, 0.4) is 0 Å². The Kier molecular flexibility index (Phi) is 4.40. The summed E-state index contributed by atoms with van der Waals surface area (Å²) in [6, 6.07) is 15.6. The molecule has 0 aliphatic rings. The zero-order valence-electron chi connectivity index (χ0n) is 13.4. The maximum atomic E-state index is 12.6. The molecule has 0 unspecified atom stereocenters. The summed E-state index contributed by atoms with van der Waals surface area (Å²) in [6.07, 6.45) is 0.779. The molecule has 0 aliphatic heterocycles. The minimum Gasteiger partial charge on any atom is -0.322 e. The molecule has 2 aromatic carbocycles. The van der Waals surface area contributed by atoms with Crippen molar-refractivity contribution in [2.24, 2.45) is 7.05 Å². The van der Waals surface area contributed by atoms with Crippen LogP contribution in [-0.4, -0.2) is 10.5 Å². The van der Waals surface area contributed by atoms with Crippen molar-refractivity contribution in [3.8, 4) is 0 Å². The summed E-state index contributed by atoms with van der Waals surface area (Å²) < 4.78 is 1.42. The fourth-order valence-electron chi connectivity index (χ4n) is 2.66. The summed E-state index contributed by atoms with van der Waals surface area (Å²) in [4.78, 5) is 25.1. The second kappa shape index (κ2) is 6.49. The number of carbonyl (C=O) groups is 1. The maximum Gasteiger partial charge on any atom is 0.264 e. The number of nitrogens with one attached hydrogen (secondary N) is 1. The molecule has 0 saturated heterocycles. The van der Waals surface area contributed by atoms with Crippen LogP contribution in [0.15, 0.2) is 47.3 Å². The molecule has 1 N–H and O–H groups in total. The number of pyridine rings is 1. The number of aryl methyl sites for hydroxylation is 2. The highest BCUT2D eigenvalue weighted by Gasteiger charge is 2.17. The molecule has 0 fully saturated rings. The number of hydrogen-bond donors (Lipinski definition) is 1. The van der Waals surface area contributed by atoms with E-state index in [0.717, 1.165) is 12.0 Å². The molecular formula is C19H16ClN2O2. The summed E-state index contributed by atoms with van der Waals surface area (Å²) in [6.45, 7) is 2.01. The fourth-order valence-corrected chi connectivity index (χ4v) is 2.88. The quantitative estimate of drug-likeness (QED) is 0.789. The average Bonchev–Trinajstić information content (AvgIpc) is 2.59. The van der Waals surface area contributed by atoms with E-state index in [4.69, 9.17) is 11.6 Å². The van der Waals surface area contributed by atoms with Crippen LogP contribution >= 0.6 is 11.6 Å². The van der Waals surface area contributed by atoms with Gasteiger partial charge in [0.15, 0.2) is 0 Å². The van der Waals surface area contributed by atoms with Crippen LogP contribution in [0.25, 0.3) is 10.9 Å². The molecule has 24 heavy (non-hydrogen) atoms. The third-order valence-corrected chi connectivity index (χ3v) is 4.31. The number of carbonyl (C=O) groups excluding carboxylic acids is 1. The third kappa shape index (κ3) is 2.81. The lowest BCUT2D eigenvalue weighted by Crippen LogP contribution is -2.28. The van der Waals surface area contributed by atoms with Gasteiger partial charge in [-0.1, -0.05) is 42.8 Å². The maximum absolute atomic E-state index is 12.6. The number of halogens is 1. The van der Waals surface area contributed by atoms with E-state index in [1.54, 1.807) is 25.2 Å². The smallest absolute Gasteiger partial charge is 0.264 e. The lowest BCUT2D eigenvalue weighted by atomic mass is 10.1. The van der Waals surface area contributed by atoms with Gasteiger partial charge in [-0.3, -0.25) is 9.59 Å². The molecule has 121 valence electrons. The van der Waals surface area contributed by atoms with Crippen molar-refractivity contribution < 1.29 is 4.79 Å². The summed E-state index contributed by atoms with van der Waals surface area (Å²) >= 11 is 6.19. The fraction of sp³-hybridized carbons (Fsp3) is 0.158. The van der Waals surface area contributed by atoms with Gasteiger partial charge in [-0.05, 0) is 30.2 Å². The predicted octanol–water partition coefficient (Wildman–Crippen LogP) is 3.81. The van der Waals surface area contributed by atoms with Crippen LogP contribution in [0.2, 0.25) is 5.02 Å². The van der Waals surface area contributed by atoms with E-state index in [-0.39, 0.29) is 5.56 Å². The SMILES string of the molecule is CCc1ccccc1NC(=O)c1[c]c2c(Cl)cccc2n(C)c1=O. The van der Waals surface area contributed by atoms with Gasteiger partial charge in [0.2, 0.25) is 0 Å². The van der Waals surface area contributed by atoms with Gasteiger partial charge >= 0.3 is 0 Å². The monoisotopic (exact) mass is 339 g/mol. The molecular weight excluding hydrogens is 324 g/mol. The van der Waals surface area contributed by atoms with Crippen molar-refractivity contribution in [2.45, 2.75) is 13.3 Å². The van der Waals surface area contributed by atoms with Gasteiger partial charge < -0.3 is 9.88 Å². The number of rotatable bonds is 3. The van der Waals surface area contributed by atoms with E-state index in [9.17, 15) is 9.59 Å². The van der Waals surface area contributed by atoms with E-state index >= 15 is 0 Å². The molecule has 0 bridgehead atoms. The Morgan fingerprint density at radius 3 is 2.71 bits per heavy atom. The number of para-hydroxylation sites is 1. The Morgan fingerprint density at radius 1 is 1.21 bits per heavy atom. The highest BCUT2D eigenvalue weighted by molar-refractivity contribution is 6.35. The van der Waals surface area contributed by atoms with Gasteiger partial charge in [-0.25, -0.2) is 0 Å². The Balaban J connectivity index is 2.09. The number of nitrogens with zero attached hydrogens (tertiary/aromatic N) is 1. The van der Waals surface area contributed by atoms with Crippen molar-refractivity contribution >= 4 is 34.1 Å². The van der Waals surface area contributed by atoms with Gasteiger partial charge in [0, 0.05) is 24.2 Å². The first kappa shape index (κ1) is 16.3. The first-order valence-corrected chi connectivity index (χ1v) is 8.00. The van der Waals surface area contributed by atoms with Crippen LogP contribution in [-0.2, 0) is 13.5 Å². The second-order valence-electron chi connectivity index (χ2n) is 5.46. The van der Waals surface area contributed by atoms with Gasteiger partial charge in [0.05, 0.1) is 10.5 Å². The lowest BCUT2D eigenvalue weighted by Gasteiger charge is -2.11. The van der Waals surface area contributed by atoms with Crippen LogP contribution in [0.5, 0.6) is 0 Å². The second-order valence-corrected chi connectivity index (χ2v) is 5.87. The third-order valence-electron chi connectivity index (χ3n) is 3.99. The van der Waals surface area contributed by atoms with E-state index < -0.39 is 11.5 Å².